The van der Waals surface area contributed by atoms with Crippen molar-refractivity contribution in [3.8, 4) is 0 Å². The molecular formula is C16H19N3O4. The van der Waals surface area contributed by atoms with Crippen molar-refractivity contribution in [1.29, 1.82) is 0 Å². The normalized spacial score (nSPS) is 17.3. The summed E-state index contributed by atoms with van der Waals surface area (Å²) in [5.41, 5.74) is 1.46. The lowest BCUT2D eigenvalue weighted by Gasteiger charge is -2.35. The van der Waals surface area contributed by atoms with E-state index in [1.54, 1.807) is 28.9 Å². The second-order valence-electron chi connectivity index (χ2n) is 5.50. The molecule has 3 rings (SSSR count). The third kappa shape index (κ3) is 2.86. The Morgan fingerprint density at radius 1 is 1.09 bits per heavy atom. The highest BCUT2D eigenvalue weighted by Crippen LogP contribution is 2.23. The molecule has 0 bridgehead atoms. The molecule has 0 unspecified atom stereocenters. The van der Waals surface area contributed by atoms with E-state index >= 15 is 0 Å². The Bertz CT molecular complexity index is 638. The minimum atomic E-state index is -0.357. The number of hydrogen-bond acceptors (Lipinski definition) is 4. The van der Waals surface area contributed by atoms with Gasteiger partial charge in [-0.1, -0.05) is 18.2 Å². The van der Waals surface area contributed by atoms with E-state index in [1.807, 2.05) is 12.1 Å². The Kier molecular flexibility index (Phi) is 4.18. The second-order valence-corrected chi connectivity index (χ2v) is 5.50. The number of imide groups is 1. The van der Waals surface area contributed by atoms with Crippen molar-refractivity contribution in [2.75, 3.05) is 32.8 Å². The minimum Gasteiger partial charge on any atom is -0.450 e. The van der Waals surface area contributed by atoms with Crippen molar-refractivity contribution in [2.24, 2.45) is 0 Å². The number of hydrogen-bond donors (Lipinski definition) is 0. The first kappa shape index (κ1) is 15.3. The maximum atomic E-state index is 12.6. The monoisotopic (exact) mass is 317 g/mol. The molecule has 122 valence electrons. The summed E-state index contributed by atoms with van der Waals surface area (Å²) in [7, 11) is 0. The van der Waals surface area contributed by atoms with Crippen LogP contribution in [0.3, 0.4) is 0 Å². The Morgan fingerprint density at radius 2 is 1.74 bits per heavy atom. The summed E-state index contributed by atoms with van der Waals surface area (Å²) in [5.74, 6) is -0.251. The van der Waals surface area contributed by atoms with Gasteiger partial charge in [0.15, 0.2) is 0 Å². The van der Waals surface area contributed by atoms with Crippen LogP contribution < -0.4 is 0 Å². The average Bonchev–Trinajstić information content (AvgIpc) is 2.92. The van der Waals surface area contributed by atoms with Gasteiger partial charge in [0.25, 0.3) is 5.91 Å². The van der Waals surface area contributed by atoms with Crippen LogP contribution in [-0.2, 0) is 11.3 Å². The van der Waals surface area contributed by atoms with Crippen LogP contribution in [0.2, 0.25) is 0 Å². The van der Waals surface area contributed by atoms with Gasteiger partial charge < -0.3 is 14.5 Å². The Morgan fingerprint density at radius 3 is 2.39 bits per heavy atom. The molecule has 2 aliphatic heterocycles. The number of nitrogens with zero attached hydrogens (tertiary/aromatic N) is 3. The zero-order chi connectivity index (χ0) is 16.4. The van der Waals surface area contributed by atoms with Crippen LogP contribution in [0.1, 0.15) is 22.8 Å². The van der Waals surface area contributed by atoms with Crippen molar-refractivity contribution in [3.63, 3.8) is 0 Å². The highest BCUT2D eigenvalue weighted by molar-refractivity contribution is 6.07. The minimum absolute atomic E-state index is 0.251. The van der Waals surface area contributed by atoms with Gasteiger partial charge in [-0.3, -0.25) is 9.69 Å². The number of urea groups is 1. The smallest absolute Gasteiger partial charge is 0.409 e. The molecule has 0 atom stereocenters. The number of rotatable bonds is 1. The van der Waals surface area contributed by atoms with E-state index in [1.165, 1.54) is 4.90 Å². The van der Waals surface area contributed by atoms with Crippen molar-refractivity contribution in [2.45, 2.75) is 13.5 Å². The third-order valence-corrected chi connectivity index (χ3v) is 4.13. The van der Waals surface area contributed by atoms with Crippen LogP contribution in [0.25, 0.3) is 0 Å². The Balaban J connectivity index is 1.61. The van der Waals surface area contributed by atoms with Crippen molar-refractivity contribution < 1.29 is 19.1 Å². The average molecular weight is 317 g/mol. The summed E-state index contributed by atoms with van der Waals surface area (Å²) in [6.45, 7) is 4.04. The number of amides is 4. The first-order valence-corrected chi connectivity index (χ1v) is 7.72. The van der Waals surface area contributed by atoms with Gasteiger partial charge in [0, 0.05) is 31.7 Å². The number of carbonyl (C=O) groups is 3. The molecule has 23 heavy (non-hydrogen) atoms. The third-order valence-electron chi connectivity index (χ3n) is 4.13. The molecule has 1 aromatic rings. The Labute approximate surface area is 134 Å². The van der Waals surface area contributed by atoms with E-state index in [0.717, 1.165) is 5.56 Å². The van der Waals surface area contributed by atoms with E-state index in [0.29, 0.717) is 44.9 Å². The molecule has 1 aromatic carbocycles. The van der Waals surface area contributed by atoms with Crippen molar-refractivity contribution >= 4 is 18.0 Å². The van der Waals surface area contributed by atoms with Gasteiger partial charge in [0.2, 0.25) is 0 Å². The molecule has 0 saturated carbocycles. The predicted molar refractivity (Wildman–Crippen MR) is 81.9 cm³/mol. The highest BCUT2D eigenvalue weighted by Gasteiger charge is 2.35. The van der Waals surface area contributed by atoms with Crippen molar-refractivity contribution in [1.82, 2.24) is 14.7 Å². The second kappa shape index (κ2) is 6.28. The van der Waals surface area contributed by atoms with Crippen LogP contribution >= 0.6 is 0 Å². The number of benzene rings is 1. The SMILES string of the molecule is CCOC(=O)N1CCN(C(=O)N2Cc3ccccc3C2=O)CC1. The van der Waals surface area contributed by atoms with E-state index < -0.39 is 0 Å². The summed E-state index contributed by atoms with van der Waals surface area (Å²) < 4.78 is 4.96. The number of fused-ring (bicyclic) bond motifs is 1. The highest BCUT2D eigenvalue weighted by atomic mass is 16.6. The first-order valence-electron chi connectivity index (χ1n) is 7.72. The van der Waals surface area contributed by atoms with Crippen molar-refractivity contribution in [3.05, 3.63) is 35.4 Å². The molecule has 2 aliphatic rings. The van der Waals surface area contributed by atoms with Crippen LogP contribution in [-0.4, -0.2) is 65.5 Å². The van der Waals surface area contributed by atoms with Crippen LogP contribution in [0, 0.1) is 0 Å². The van der Waals surface area contributed by atoms with Crippen LogP contribution in [0.4, 0.5) is 9.59 Å². The quantitative estimate of drug-likeness (QED) is 0.788. The topological polar surface area (TPSA) is 70.2 Å². The molecule has 1 saturated heterocycles. The van der Waals surface area contributed by atoms with Crippen LogP contribution in [0.15, 0.2) is 24.3 Å². The fraction of sp³-hybridized carbons (Fsp3) is 0.438. The standard InChI is InChI=1S/C16H19N3O4/c1-2-23-16(22)18-9-7-17(8-10-18)15(21)19-11-12-5-3-4-6-13(12)14(19)20/h3-6H,2,7-11H2,1H3. The summed E-state index contributed by atoms with van der Waals surface area (Å²) in [6, 6.07) is 6.96. The molecule has 0 aliphatic carbocycles. The fourth-order valence-electron chi connectivity index (χ4n) is 2.87. The summed E-state index contributed by atoms with van der Waals surface area (Å²) in [5, 5.41) is 0. The Hall–Kier alpha value is -2.57. The van der Waals surface area contributed by atoms with E-state index in [2.05, 4.69) is 0 Å². The maximum Gasteiger partial charge on any atom is 0.409 e. The fourth-order valence-corrected chi connectivity index (χ4v) is 2.87. The molecule has 2 heterocycles. The van der Waals surface area contributed by atoms with E-state index in [9.17, 15) is 14.4 Å². The van der Waals surface area contributed by atoms with E-state index in [4.69, 9.17) is 4.74 Å². The zero-order valence-corrected chi connectivity index (χ0v) is 13.0. The van der Waals surface area contributed by atoms with Gasteiger partial charge in [-0.15, -0.1) is 0 Å². The van der Waals surface area contributed by atoms with Gasteiger partial charge in [-0.05, 0) is 18.6 Å². The predicted octanol–water partition coefficient (Wildman–Crippen LogP) is 1.54. The largest absolute Gasteiger partial charge is 0.450 e. The van der Waals surface area contributed by atoms with Gasteiger partial charge in [-0.2, -0.15) is 0 Å². The summed E-state index contributed by atoms with van der Waals surface area (Å²) >= 11 is 0. The number of piperazine rings is 1. The molecule has 7 nitrogen and oxygen atoms in total. The zero-order valence-electron chi connectivity index (χ0n) is 13.0. The molecule has 0 spiro atoms. The lowest BCUT2D eigenvalue weighted by Crippen LogP contribution is -2.54. The molecule has 1 fully saturated rings. The maximum absolute atomic E-state index is 12.6. The molecule has 4 amide bonds. The van der Waals surface area contributed by atoms with Gasteiger partial charge in [0.1, 0.15) is 0 Å². The van der Waals surface area contributed by atoms with Gasteiger partial charge in [-0.25, -0.2) is 9.59 Å². The lowest BCUT2D eigenvalue weighted by atomic mass is 10.1. The molecule has 0 N–H and O–H groups in total. The van der Waals surface area contributed by atoms with Gasteiger partial charge in [0.05, 0.1) is 13.2 Å². The van der Waals surface area contributed by atoms with Gasteiger partial charge >= 0.3 is 12.1 Å². The summed E-state index contributed by atoms with van der Waals surface area (Å²) in [6.07, 6.45) is -0.357. The molecular weight excluding hydrogens is 298 g/mol. The molecule has 7 heteroatoms. The van der Waals surface area contributed by atoms with Crippen LogP contribution in [0.5, 0.6) is 0 Å². The first-order chi connectivity index (χ1) is 11.1. The molecule has 0 radical (unpaired) electrons. The van der Waals surface area contributed by atoms with E-state index in [-0.39, 0.29) is 18.0 Å². The summed E-state index contributed by atoms with van der Waals surface area (Å²) in [4.78, 5) is 41.0. The lowest BCUT2D eigenvalue weighted by molar-refractivity contribution is 0.0676. The number of carbonyl (C=O) groups excluding carboxylic acids is 3. The molecule has 0 aromatic heterocycles. The number of ether oxygens (including phenoxy) is 1.